The van der Waals surface area contributed by atoms with Gasteiger partial charge in [-0.1, -0.05) is 31.5 Å². The smallest absolute Gasteiger partial charge is 0.348 e. The van der Waals surface area contributed by atoms with E-state index in [0.717, 1.165) is 17.7 Å². The lowest BCUT2D eigenvalue weighted by Gasteiger charge is -2.16. The molecule has 0 unspecified atom stereocenters. The third-order valence-corrected chi connectivity index (χ3v) is 4.73. The summed E-state index contributed by atoms with van der Waals surface area (Å²) >= 11 is 0. The number of nitrogens with zero attached hydrogens (tertiary/aromatic N) is 1. The molecule has 7 heteroatoms. The first-order valence-electron chi connectivity index (χ1n) is 9.23. The molecule has 0 aliphatic carbocycles. The van der Waals surface area contributed by atoms with Crippen LogP contribution in [0.4, 0.5) is 17.6 Å². The Balaban J connectivity index is 1.98. The molecule has 0 bridgehead atoms. The summed E-state index contributed by atoms with van der Waals surface area (Å²) in [6.07, 6.45) is -3.30. The zero-order valence-electron chi connectivity index (χ0n) is 16.0. The SMILES string of the molecule is CCCc1nc2cc(C(F)(F)F)ccc2c(C)c1C(=O)NCc1ccc(F)cc1. The van der Waals surface area contributed by atoms with E-state index in [9.17, 15) is 22.4 Å². The number of aromatic nitrogens is 1. The second-order valence-corrected chi connectivity index (χ2v) is 6.85. The van der Waals surface area contributed by atoms with Crippen LogP contribution in [0, 0.1) is 12.7 Å². The first-order valence-corrected chi connectivity index (χ1v) is 9.23. The van der Waals surface area contributed by atoms with Gasteiger partial charge >= 0.3 is 6.18 Å². The molecule has 0 atom stereocenters. The number of benzene rings is 2. The van der Waals surface area contributed by atoms with Crippen molar-refractivity contribution in [3.05, 3.63) is 76.2 Å². The molecule has 0 saturated carbocycles. The van der Waals surface area contributed by atoms with Crippen molar-refractivity contribution in [3.63, 3.8) is 0 Å². The van der Waals surface area contributed by atoms with Gasteiger partial charge in [-0.15, -0.1) is 0 Å². The number of hydrogen-bond acceptors (Lipinski definition) is 2. The Morgan fingerprint density at radius 2 is 1.79 bits per heavy atom. The molecular formula is C22H20F4N2O. The van der Waals surface area contributed by atoms with Crippen molar-refractivity contribution in [1.82, 2.24) is 10.3 Å². The van der Waals surface area contributed by atoms with E-state index in [-0.39, 0.29) is 23.8 Å². The van der Waals surface area contributed by atoms with Crippen LogP contribution in [0.25, 0.3) is 10.9 Å². The first-order chi connectivity index (χ1) is 13.7. The highest BCUT2D eigenvalue weighted by atomic mass is 19.4. The van der Waals surface area contributed by atoms with Gasteiger partial charge in [0, 0.05) is 11.9 Å². The van der Waals surface area contributed by atoms with E-state index < -0.39 is 11.7 Å². The zero-order valence-corrected chi connectivity index (χ0v) is 16.0. The van der Waals surface area contributed by atoms with E-state index in [2.05, 4.69) is 10.3 Å². The van der Waals surface area contributed by atoms with Crippen LogP contribution >= 0.6 is 0 Å². The maximum absolute atomic E-state index is 13.0. The van der Waals surface area contributed by atoms with Crippen molar-refractivity contribution in [2.75, 3.05) is 0 Å². The number of rotatable bonds is 5. The molecule has 1 aromatic heterocycles. The first kappa shape index (κ1) is 20.8. The molecule has 0 radical (unpaired) electrons. The number of amides is 1. The highest BCUT2D eigenvalue weighted by molar-refractivity contribution is 6.01. The third-order valence-electron chi connectivity index (χ3n) is 4.73. The van der Waals surface area contributed by atoms with Gasteiger partial charge < -0.3 is 5.32 Å². The van der Waals surface area contributed by atoms with Crippen LogP contribution in [-0.2, 0) is 19.1 Å². The van der Waals surface area contributed by atoms with Crippen LogP contribution in [0.1, 0.15) is 46.1 Å². The van der Waals surface area contributed by atoms with E-state index in [1.54, 1.807) is 19.1 Å². The summed E-state index contributed by atoms with van der Waals surface area (Å²) in [6.45, 7) is 3.83. The van der Waals surface area contributed by atoms with E-state index >= 15 is 0 Å². The molecule has 3 nitrogen and oxygen atoms in total. The van der Waals surface area contributed by atoms with E-state index in [1.807, 2.05) is 6.92 Å². The van der Waals surface area contributed by atoms with Crippen molar-refractivity contribution in [2.24, 2.45) is 0 Å². The van der Waals surface area contributed by atoms with Crippen LogP contribution < -0.4 is 5.32 Å². The average Bonchev–Trinajstić information content (AvgIpc) is 2.66. The number of aryl methyl sites for hydroxylation is 2. The molecule has 0 aliphatic rings. The predicted molar refractivity (Wildman–Crippen MR) is 103 cm³/mol. The van der Waals surface area contributed by atoms with Crippen LogP contribution in [-0.4, -0.2) is 10.9 Å². The Morgan fingerprint density at radius 3 is 2.41 bits per heavy atom. The standard InChI is InChI=1S/C22H20F4N2O/c1-3-4-18-20(21(29)27-12-14-5-8-16(23)9-6-14)13(2)17-10-7-15(22(24,25)26)11-19(17)28-18/h5-11H,3-4,12H2,1-2H3,(H,27,29). The number of nitrogens with one attached hydrogen (secondary N) is 1. The Morgan fingerprint density at radius 1 is 1.10 bits per heavy atom. The minimum Gasteiger partial charge on any atom is -0.348 e. The molecule has 1 amide bonds. The fraction of sp³-hybridized carbons (Fsp3) is 0.273. The zero-order chi connectivity index (χ0) is 21.2. The molecule has 2 aromatic carbocycles. The molecule has 1 heterocycles. The topological polar surface area (TPSA) is 42.0 Å². The van der Waals surface area contributed by atoms with Gasteiger partial charge in [0.2, 0.25) is 0 Å². The highest BCUT2D eigenvalue weighted by Crippen LogP contribution is 2.33. The van der Waals surface area contributed by atoms with Gasteiger partial charge in [0.1, 0.15) is 5.82 Å². The summed E-state index contributed by atoms with van der Waals surface area (Å²) < 4.78 is 52.2. The fourth-order valence-corrected chi connectivity index (χ4v) is 3.26. The number of hydrogen-bond donors (Lipinski definition) is 1. The molecule has 0 saturated heterocycles. The minimum atomic E-state index is -4.46. The number of carbonyl (C=O) groups excluding carboxylic acids is 1. The number of halogens is 4. The van der Waals surface area contributed by atoms with Gasteiger partial charge in [0.25, 0.3) is 5.91 Å². The van der Waals surface area contributed by atoms with Crippen LogP contribution in [0.3, 0.4) is 0 Å². The maximum atomic E-state index is 13.0. The maximum Gasteiger partial charge on any atom is 0.416 e. The van der Waals surface area contributed by atoms with E-state index in [4.69, 9.17) is 0 Å². The monoisotopic (exact) mass is 404 g/mol. The van der Waals surface area contributed by atoms with Crippen molar-refractivity contribution >= 4 is 16.8 Å². The van der Waals surface area contributed by atoms with Crippen LogP contribution in [0.15, 0.2) is 42.5 Å². The number of pyridine rings is 1. The second-order valence-electron chi connectivity index (χ2n) is 6.85. The molecular weight excluding hydrogens is 384 g/mol. The van der Waals surface area contributed by atoms with Crippen molar-refractivity contribution in [1.29, 1.82) is 0 Å². The van der Waals surface area contributed by atoms with Crippen LogP contribution in [0.2, 0.25) is 0 Å². The molecule has 1 N–H and O–H groups in total. The van der Waals surface area contributed by atoms with Gasteiger partial charge in [0.05, 0.1) is 22.3 Å². The number of carbonyl (C=O) groups is 1. The normalized spacial score (nSPS) is 11.7. The molecule has 3 rings (SSSR count). The van der Waals surface area contributed by atoms with Crippen molar-refractivity contribution in [3.8, 4) is 0 Å². The largest absolute Gasteiger partial charge is 0.416 e. The molecule has 0 aliphatic heterocycles. The Labute approximate surface area is 165 Å². The molecule has 29 heavy (non-hydrogen) atoms. The number of fused-ring (bicyclic) bond motifs is 1. The summed E-state index contributed by atoms with van der Waals surface area (Å²) in [5.41, 5.74) is 1.61. The fourth-order valence-electron chi connectivity index (χ4n) is 3.26. The average molecular weight is 404 g/mol. The second kappa shape index (κ2) is 8.19. The van der Waals surface area contributed by atoms with Crippen molar-refractivity contribution in [2.45, 2.75) is 39.4 Å². The summed E-state index contributed by atoms with van der Waals surface area (Å²) in [5, 5.41) is 3.30. The van der Waals surface area contributed by atoms with E-state index in [1.165, 1.54) is 18.2 Å². The lowest BCUT2D eigenvalue weighted by molar-refractivity contribution is -0.137. The van der Waals surface area contributed by atoms with Gasteiger partial charge in [0.15, 0.2) is 0 Å². The minimum absolute atomic E-state index is 0.204. The van der Waals surface area contributed by atoms with Crippen molar-refractivity contribution < 1.29 is 22.4 Å². The predicted octanol–water partition coefficient (Wildman–Crippen LogP) is 5.58. The third kappa shape index (κ3) is 4.55. The Hall–Kier alpha value is -2.96. The summed E-state index contributed by atoms with van der Waals surface area (Å²) in [4.78, 5) is 17.2. The lowest BCUT2D eigenvalue weighted by atomic mass is 9.97. The molecule has 0 spiro atoms. The molecule has 152 valence electrons. The summed E-state index contributed by atoms with van der Waals surface area (Å²) in [7, 11) is 0. The van der Waals surface area contributed by atoms with Gasteiger partial charge in [-0.05, 0) is 48.7 Å². The van der Waals surface area contributed by atoms with Gasteiger partial charge in [-0.3, -0.25) is 9.78 Å². The highest BCUT2D eigenvalue weighted by Gasteiger charge is 2.31. The van der Waals surface area contributed by atoms with Gasteiger partial charge in [-0.25, -0.2) is 4.39 Å². The quantitative estimate of drug-likeness (QED) is 0.564. The number of alkyl halides is 3. The Kier molecular flexibility index (Phi) is 5.86. The van der Waals surface area contributed by atoms with E-state index in [0.29, 0.717) is 35.0 Å². The Bertz CT molecular complexity index is 1040. The summed E-state index contributed by atoms with van der Waals surface area (Å²) in [5.74, 6) is -0.720. The van der Waals surface area contributed by atoms with Crippen LogP contribution in [0.5, 0.6) is 0 Å². The molecule has 0 fully saturated rings. The molecule has 3 aromatic rings. The summed E-state index contributed by atoms with van der Waals surface area (Å²) in [6, 6.07) is 9.14. The lowest BCUT2D eigenvalue weighted by Crippen LogP contribution is -2.25. The van der Waals surface area contributed by atoms with Gasteiger partial charge in [-0.2, -0.15) is 13.2 Å².